The first-order valence-electron chi connectivity index (χ1n) is 4.04. The smallest absolute Gasteiger partial charge is 0.268 e. The summed E-state index contributed by atoms with van der Waals surface area (Å²) in [5.41, 5.74) is 6.72. The van der Waals surface area contributed by atoms with E-state index in [-0.39, 0.29) is 5.69 Å². The van der Waals surface area contributed by atoms with E-state index in [0.29, 0.717) is 11.3 Å². The fourth-order valence-electron chi connectivity index (χ4n) is 1.22. The number of hydrogen-bond acceptors (Lipinski definition) is 3. The van der Waals surface area contributed by atoms with E-state index in [9.17, 15) is 4.79 Å². The van der Waals surface area contributed by atoms with Gasteiger partial charge in [-0.3, -0.25) is 14.9 Å². The number of hydrogen-bond donors (Lipinski definition) is 2. The van der Waals surface area contributed by atoms with Crippen LogP contribution in [0.3, 0.4) is 0 Å². The second kappa shape index (κ2) is 3.29. The highest BCUT2D eigenvalue weighted by Gasteiger charge is 2.11. The summed E-state index contributed by atoms with van der Waals surface area (Å²) in [5.74, 6) is -0.552. The van der Waals surface area contributed by atoms with E-state index >= 15 is 0 Å². The molecule has 0 fully saturated rings. The van der Waals surface area contributed by atoms with Gasteiger partial charge in [-0.15, -0.1) is 0 Å². The quantitative estimate of drug-likeness (QED) is 0.722. The molecule has 0 bridgehead atoms. The predicted octanol–water partition coefficient (Wildman–Crippen LogP) is 0.571. The van der Waals surface area contributed by atoms with Gasteiger partial charge in [0.25, 0.3) is 5.91 Å². The summed E-state index contributed by atoms with van der Waals surface area (Å²) in [4.78, 5) is 14.9. The number of H-pyrrole nitrogens is 1. The van der Waals surface area contributed by atoms with Crippen LogP contribution < -0.4 is 5.73 Å². The fourth-order valence-corrected chi connectivity index (χ4v) is 1.22. The molecule has 2 rings (SSSR count). The highest BCUT2D eigenvalue weighted by Crippen LogP contribution is 2.18. The SMILES string of the molecule is NC(=O)c1ncccc1-c1cc[nH]n1. The Morgan fingerprint density at radius 3 is 2.93 bits per heavy atom. The molecular formula is C9H8N4O. The van der Waals surface area contributed by atoms with Crippen molar-refractivity contribution in [1.82, 2.24) is 15.2 Å². The molecule has 5 nitrogen and oxygen atoms in total. The zero-order valence-electron chi connectivity index (χ0n) is 7.27. The highest BCUT2D eigenvalue weighted by molar-refractivity contribution is 5.97. The molecule has 0 saturated heterocycles. The van der Waals surface area contributed by atoms with Gasteiger partial charge in [-0.25, -0.2) is 0 Å². The number of nitrogens with zero attached hydrogens (tertiary/aromatic N) is 2. The summed E-state index contributed by atoms with van der Waals surface area (Å²) >= 11 is 0. The zero-order valence-corrected chi connectivity index (χ0v) is 7.27. The number of carbonyl (C=O) groups is 1. The maximum atomic E-state index is 11.0. The van der Waals surface area contributed by atoms with Gasteiger partial charge in [0, 0.05) is 18.0 Å². The molecule has 0 aromatic carbocycles. The molecule has 0 aliphatic rings. The number of primary amides is 1. The summed E-state index contributed by atoms with van der Waals surface area (Å²) in [6.45, 7) is 0. The maximum absolute atomic E-state index is 11.0. The molecule has 2 aromatic heterocycles. The Morgan fingerprint density at radius 1 is 1.43 bits per heavy atom. The van der Waals surface area contributed by atoms with Crippen LogP contribution in [0, 0.1) is 0 Å². The lowest BCUT2D eigenvalue weighted by atomic mass is 10.1. The first-order chi connectivity index (χ1) is 6.79. The monoisotopic (exact) mass is 188 g/mol. The van der Waals surface area contributed by atoms with Crippen molar-refractivity contribution in [3.63, 3.8) is 0 Å². The average Bonchev–Trinajstić information content (AvgIpc) is 2.70. The molecule has 2 heterocycles. The second-order valence-electron chi connectivity index (χ2n) is 2.72. The Hall–Kier alpha value is -2.17. The summed E-state index contributed by atoms with van der Waals surface area (Å²) in [6.07, 6.45) is 3.20. The van der Waals surface area contributed by atoms with Crippen molar-refractivity contribution in [1.29, 1.82) is 0 Å². The van der Waals surface area contributed by atoms with E-state index in [1.807, 2.05) is 0 Å². The van der Waals surface area contributed by atoms with Crippen LogP contribution in [0.1, 0.15) is 10.5 Å². The molecule has 0 unspecified atom stereocenters. The highest BCUT2D eigenvalue weighted by atomic mass is 16.1. The Balaban J connectivity index is 2.58. The minimum absolute atomic E-state index is 0.236. The molecule has 0 aliphatic carbocycles. The van der Waals surface area contributed by atoms with Crippen molar-refractivity contribution in [2.24, 2.45) is 5.73 Å². The van der Waals surface area contributed by atoms with E-state index < -0.39 is 5.91 Å². The van der Waals surface area contributed by atoms with Crippen molar-refractivity contribution in [2.45, 2.75) is 0 Å². The van der Waals surface area contributed by atoms with Crippen LogP contribution >= 0.6 is 0 Å². The van der Waals surface area contributed by atoms with Crippen molar-refractivity contribution in [2.75, 3.05) is 0 Å². The lowest BCUT2D eigenvalue weighted by Crippen LogP contribution is -2.14. The molecule has 1 amide bonds. The Morgan fingerprint density at radius 2 is 2.29 bits per heavy atom. The lowest BCUT2D eigenvalue weighted by molar-refractivity contribution is 0.0996. The van der Waals surface area contributed by atoms with Gasteiger partial charge in [-0.05, 0) is 18.2 Å². The maximum Gasteiger partial charge on any atom is 0.268 e. The van der Waals surface area contributed by atoms with E-state index in [1.165, 1.54) is 6.20 Å². The van der Waals surface area contributed by atoms with E-state index in [2.05, 4.69) is 15.2 Å². The third-order valence-electron chi connectivity index (χ3n) is 1.82. The van der Waals surface area contributed by atoms with Crippen molar-refractivity contribution >= 4 is 5.91 Å². The molecule has 5 heteroatoms. The topological polar surface area (TPSA) is 84.7 Å². The number of amides is 1. The van der Waals surface area contributed by atoms with E-state index in [1.54, 1.807) is 24.4 Å². The van der Waals surface area contributed by atoms with Crippen LogP contribution in [0.2, 0.25) is 0 Å². The fraction of sp³-hybridized carbons (Fsp3) is 0. The molecule has 3 N–H and O–H groups in total. The number of rotatable bonds is 2. The molecule has 0 atom stereocenters. The normalized spacial score (nSPS) is 10.0. The van der Waals surface area contributed by atoms with Gasteiger partial charge in [0.1, 0.15) is 5.69 Å². The van der Waals surface area contributed by atoms with Crippen LogP contribution in [0.4, 0.5) is 0 Å². The van der Waals surface area contributed by atoms with Crippen molar-refractivity contribution in [3.05, 3.63) is 36.3 Å². The lowest BCUT2D eigenvalue weighted by Gasteiger charge is -2.00. The summed E-state index contributed by atoms with van der Waals surface area (Å²) in [5, 5.41) is 6.62. The molecule has 70 valence electrons. The first kappa shape index (κ1) is 8.43. The van der Waals surface area contributed by atoms with Crippen molar-refractivity contribution in [3.8, 4) is 11.3 Å². The number of nitrogens with two attached hydrogens (primary N) is 1. The number of pyridine rings is 1. The second-order valence-corrected chi connectivity index (χ2v) is 2.72. The van der Waals surface area contributed by atoms with E-state index in [4.69, 9.17) is 5.73 Å². The standard InChI is InChI=1S/C9H8N4O/c10-9(14)8-6(2-1-4-11-8)7-3-5-12-13-7/h1-5H,(H2,10,14)(H,12,13). The molecular weight excluding hydrogens is 180 g/mol. The largest absolute Gasteiger partial charge is 0.364 e. The summed E-state index contributed by atoms with van der Waals surface area (Å²) < 4.78 is 0. The number of nitrogens with one attached hydrogen (secondary N) is 1. The van der Waals surface area contributed by atoms with Crippen molar-refractivity contribution < 1.29 is 4.79 Å². The third kappa shape index (κ3) is 1.35. The number of aromatic nitrogens is 3. The minimum Gasteiger partial charge on any atom is -0.364 e. The summed E-state index contributed by atoms with van der Waals surface area (Å²) in [6, 6.07) is 5.24. The van der Waals surface area contributed by atoms with Crippen LogP contribution in [-0.4, -0.2) is 21.1 Å². The minimum atomic E-state index is -0.552. The molecule has 0 aliphatic heterocycles. The number of carbonyl (C=O) groups excluding carboxylic acids is 1. The average molecular weight is 188 g/mol. The summed E-state index contributed by atoms with van der Waals surface area (Å²) in [7, 11) is 0. The Bertz CT molecular complexity index is 450. The molecule has 14 heavy (non-hydrogen) atoms. The van der Waals surface area contributed by atoms with Crippen LogP contribution in [0.15, 0.2) is 30.6 Å². The van der Waals surface area contributed by atoms with Gasteiger partial charge in [0.15, 0.2) is 0 Å². The van der Waals surface area contributed by atoms with Gasteiger partial charge in [-0.2, -0.15) is 5.10 Å². The van der Waals surface area contributed by atoms with Crippen LogP contribution in [-0.2, 0) is 0 Å². The van der Waals surface area contributed by atoms with Crippen LogP contribution in [0.25, 0.3) is 11.3 Å². The Kier molecular flexibility index (Phi) is 1.98. The zero-order chi connectivity index (χ0) is 9.97. The van der Waals surface area contributed by atoms with E-state index in [0.717, 1.165) is 0 Å². The molecule has 0 saturated carbocycles. The molecule has 2 aromatic rings. The number of aromatic amines is 1. The molecule has 0 spiro atoms. The van der Waals surface area contributed by atoms with Gasteiger partial charge in [-0.1, -0.05) is 0 Å². The first-order valence-corrected chi connectivity index (χ1v) is 4.04. The predicted molar refractivity (Wildman–Crippen MR) is 50.3 cm³/mol. The Labute approximate surface area is 80.0 Å². The van der Waals surface area contributed by atoms with Gasteiger partial charge in [0.05, 0.1) is 5.69 Å². The molecule has 0 radical (unpaired) electrons. The van der Waals surface area contributed by atoms with Crippen LogP contribution in [0.5, 0.6) is 0 Å². The van der Waals surface area contributed by atoms with Gasteiger partial charge < -0.3 is 5.73 Å². The van der Waals surface area contributed by atoms with Gasteiger partial charge >= 0.3 is 0 Å². The third-order valence-corrected chi connectivity index (χ3v) is 1.82. The van der Waals surface area contributed by atoms with Gasteiger partial charge in [0.2, 0.25) is 0 Å².